The van der Waals surface area contributed by atoms with Gasteiger partial charge in [-0.2, -0.15) is 0 Å². The first-order chi connectivity index (χ1) is 14.8. The Hall–Kier alpha value is -3.19. The normalized spacial score (nSPS) is 18.1. The number of Topliss-reactive ketones (excluding diaryl/α,β-unsaturated/α-hetero) is 1. The molecule has 2 aromatic carbocycles. The van der Waals surface area contributed by atoms with Crippen molar-refractivity contribution in [3.8, 4) is 5.75 Å². The molecule has 3 rings (SSSR count). The summed E-state index contributed by atoms with van der Waals surface area (Å²) >= 11 is 0. The molecule has 1 amide bonds. The van der Waals surface area contributed by atoms with Gasteiger partial charge < -0.3 is 19.6 Å². The van der Waals surface area contributed by atoms with Gasteiger partial charge in [-0.1, -0.05) is 19.1 Å². The molecule has 0 aliphatic carbocycles. The fraction of sp³-hybridized carbons (Fsp3) is 0.333. The monoisotopic (exact) mass is 426 g/mol. The molecule has 1 aliphatic rings. The van der Waals surface area contributed by atoms with Gasteiger partial charge in [0, 0.05) is 18.7 Å². The summed E-state index contributed by atoms with van der Waals surface area (Å²) in [5, 5.41) is 11.0. The van der Waals surface area contributed by atoms with E-state index in [0.717, 1.165) is 6.42 Å². The number of ether oxygens (including phenoxy) is 1. The van der Waals surface area contributed by atoms with Gasteiger partial charge in [0.05, 0.1) is 18.2 Å². The van der Waals surface area contributed by atoms with Crippen molar-refractivity contribution >= 4 is 17.4 Å². The second kappa shape index (κ2) is 9.75. The molecular formula is C24H27FN2O4. The largest absolute Gasteiger partial charge is 0.507 e. The van der Waals surface area contributed by atoms with Crippen LogP contribution in [0.2, 0.25) is 0 Å². The lowest BCUT2D eigenvalue weighted by Gasteiger charge is -2.26. The summed E-state index contributed by atoms with van der Waals surface area (Å²) < 4.78 is 19.1. The molecule has 0 bridgehead atoms. The Morgan fingerprint density at radius 3 is 2.32 bits per heavy atom. The van der Waals surface area contributed by atoms with Crippen molar-refractivity contribution in [3.05, 3.63) is 71.0 Å². The summed E-state index contributed by atoms with van der Waals surface area (Å²) in [6.07, 6.45) is 0.871. The van der Waals surface area contributed by atoms with Crippen molar-refractivity contribution < 1.29 is 23.8 Å². The average molecular weight is 426 g/mol. The van der Waals surface area contributed by atoms with Crippen LogP contribution in [0.4, 0.5) is 4.39 Å². The van der Waals surface area contributed by atoms with Gasteiger partial charge in [-0.25, -0.2) is 4.39 Å². The van der Waals surface area contributed by atoms with Crippen LogP contribution in [0.3, 0.4) is 0 Å². The van der Waals surface area contributed by atoms with Gasteiger partial charge in [-0.15, -0.1) is 0 Å². The number of rotatable bonds is 8. The second-order valence-electron chi connectivity index (χ2n) is 7.72. The molecular weight excluding hydrogens is 399 g/mol. The highest BCUT2D eigenvalue weighted by atomic mass is 19.1. The smallest absolute Gasteiger partial charge is 0.295 e. The van der Waals surface area contributed by atoms with Crippen LogP contribution < -0.4 is 4.74 Å². The molecule has 1 fully saturated rings. The van der Waals surface area contributed by atoms with Gasteiger partial charge in [0.1, 0.15) is 17.3 Å². The van der Waals surface area contributed by atoms with E-state index in [4.69, 9.17) is 4.74 Å². The third kappa shape index (κ3) is 4.94. The van der Waals surface area contributed by atoms with Crippen LogP contribution in [-0.4, -0.2) is 60.4 Å². The van der Waals surface area contributed by atoms with Gasteiger partial charge in [-0.3, -0.25) is 9.59 Å². The summed E-state index contributed by atoms with van der Waals surface area (Å²) in [5.41, 5.74) is 0.961. The first-order valence-electron chi connectivity index (χ1n) is 10.2. The summed E-state index contributed by atoms with van der Waals surface area (Å²) in [4.78, 5) is 29.0. The molecule has 0 spiro atoms. The minimum Gasteiger partial charge on any atom is -0.507 e. The van der Waals surface area contributed by atoms with E-state index in [2.05, 4.69) is 0 Å². The number of hydrogen-bond acceptors (Lipinski definition) is 5. The van der Waals surface area contributed by atoms with E-state index >= 15 is 0 Å². The third-order valence-corrected chi connectivity index (χ3v) is 5.11. The molecule has 31 heavy (non-hydrogen) atoms. The van der Waals surface area contributed by atoms with Crippen LogP contribution in [-0.2, 0) is 9.59 Å². The molecule has 1 atom stereocenters. The molecule has 164 valence electrons. The predicted octanol–water partition coefficient (Wildman–Crippen LogP) is 3.60. The SMILES string of the molecule is CCCOc1ccc(C(O)=C2C(=O)C(=O)N(CCN(C)C)[C@H]2c2ccc(F)cc2)cc1. The lowest BCUT2D eigenvalue weighted by atomic mass is 9.95. The highest BCUT2D eigenvalue weighted by Crippen LogP contribution is 2.39. The molecule has 0 saturated carbocycles. The van der Waals surface area contributed by atoms with Crippen molar-refractivity contribution in [2.75, 3.05) is 33.8 Å². The van der Waals surface area contributed by atoms with E-state index in [1.165, 1.54) is 29.2 Å². The Balaban J connectivity index is 2.04. The minimum absolute atomic E-state index is 0.00223. The van der Waals surface area contributed by atoms with Crippen molar-refractivity contribution in [1.82, 2.24) is 9.80 Å². The number of likely N-dealkylation sites (N-methyl/N-ethyl adjacent to an activating group) is 1. The summed E-state index contributed by atoms with van der Waals surface area (Å²) in [6.45, 7) is 3.41. The van der Waals surface area contributed by atoms with Gasteiger partial charge in [0.2, 0.25) is 0 Å². The van der Waals surface area contributed by atoms with E-state index in [-0.39, 0.29) is 11.3 Å². The van der Waals surface area contributed by atoms with E-state index < -0.39 is 23.5 Å². The number of benzene rings is 2. The van der Waals surface area contributed by atoms with Gasteiger partial charge in [0.15, 0.2) is 0 Å². The topological polar surface area (TPSA) is 70.1 Å². The predicted molar refractivity (Wildman–Crippen MR) is 116 cm³/mol. The number of nitrogens with zero attached hydrogens (tertiary/aromatic N) is 2. The number of aliphatic hydroxyl groups excluding tert-OH is 1. The van der Waals surface area contributed by atoms with E-state index in [0.29, 0.717) is 36.6 Å². The molecule has 0 radical (unpaired) electrons. The first-order valence-corrected chi connectivity index (χ1v) is 10.2. The van der Waals surface area contributed by atoms with Gasteiger partial charge in [-0.05, 0) is 62.5 Å². The van der Waals surface area contributed by atoms with Crippen LogP contribution in [0.25, 0.3) is 5.76 Å². The summed E-state index contributed by atoms with van der Waals surface area (Å²) in [6, 6.07) is 11.5. The Kier molecular flexibility index (Phi) is 7.07. The minimum atomic E-state index is -0.795. The van der Waals surface area contributed by atoms with Crippen molar-refractivity contribution in [1.29, 1.82) is 0 Å². The van der Waals surface area contributed by atoms with Crippen LogP contribution >= 0.6 is 0 Å². The lowest BCUT2D eigenvalue weighted by Crippen LogP contribution is -2.35. The quantitative estimate of drug-likeness (QED) is 0.397. The number of likely N-dealkylation sites (tertiary alicyclic amines) is 1. The molecule has 1 heterocycles. The molecule has 6 nitrogen and oxygen atoms in total. The molecule has 2 aromatic rings. The number of carbonyl (C=O) groups excluding carboxylic acids is 2. The first kappa shape index (κ1) is 22.5. The Bertz CT molecular complexity index is 968. The van der Waals surface area contributed by atoms with Crippen LogP contribution in [0.15, 0.2) is 54.1 Å². The van der Waals surface area contributed by atoms with E-state index in [1.54, 1.807) is 24.3 Å². The average Bonchev–Trinajstić information content (AvgIpc) is 3.01. The number of amides is 1. The molecule has 1 aliphatic heterocycles. The zero-order valence-corrected chi connectivity index (χ0v) is 18.0. The fourth-order valence-electron chi connectivity index (χ4n) is 3.49. The second-order valence-corrected chi connectivity index (χ2v) is 7.72. The zero-order chi connectivity index (χ0) is 22.5. The third-order valence-electron chi connectivity index (χ3n) is 5.11. The number of ketones is 1. The van der Waals surface area contributed by atoms with Crippen LogP contribution in [0.1, 0.15) is 30.5 Å². The van der Waals surface area contributed by atoms with Crippen molar-refractivity contribution in [2.45, 2.75) is 19.4 Å². The Morgan fingerprint density at radius 2 is 1.74 bits per heavy atom. The maximum atomic E-state index is 13.5. The molecule has 0 unspecified atom stereocenters. The van der Waals surface area contributed by atoms with Crippen LogP contribution in [0, 0.1) is 5.82 Å². The lowest BCUT2D eigenvalue weighted by molar-refractivity contribution is -0.140. The standard InChI is InChI=1S/C24H27FN2O4/c1-4-15-31-19-11-7-17(8-12-19)22(28)20-21(16-5-9-18(25)10-6-16)27(14-13-26(2)3)24(30)23(20)29/h5-12,21,28H,4,13-15H2,1-3H3/t21-/m0/s1. The highest BCUT2D eigenvalue weighted by molar-refractivity contribution is 6.46. The molecule has 0 aromatic heterocycles. The van der Waals surface area contributed by atoms with E-state index in [1.807, 2.05) is 25.9 Å². The van der Waals surface area contributed by atoms with Crippen LogP contribution in [0.5, 0.6) is 5.75 Å². The highest BCUT2D eigenvalue weighted by Gasteiger charge is 2.45. The Labute approximate surface area is 181 Å². The van der Waals surface area contributed by atoms with Gasteiger partial charge in [0.25, 0.3) is 11.7 Å². The summed E-state index contributed by atoms with van der Waals surface area (Å²) in [7, 11) is 3.73. The maximum absolute atomic E-state index is 13.5. The summed E-state index contributed by atoms with van der Waals surface area (Å²) in [5.74, 6) is -1.46. The number of halogens is 1. The molecule has 1 saturated heterocycles. The van der Waals surface area contributed by atoms with Gasteiger partial charge >= 0.3 is 0 Å². The fourth-order valence-corrected chi connectivity index (χ4v) is 3.49. The molecule has 7 heteroatoms. The van der Waals surface area contributed by atoms with Crippen molar-refractivity contribution in [2.24, 2.45) is 0 Å². The number of hydrogen-bond donors (Lipinski definition) is 1. The Morgan fingerprint density at radius 1 is 1.10 bits per heavy atom. The van der Waals surface area contributed by atoms with Crippen molar-refractivity contribution in [3.63, 3.8) is 0 Å². The molecule has 1 N–H and O–H groups in total. The maximum Gasteiger partial charge on any atom is 0.295 e. The number of aliphatic hydroxyl groups is 1. The van der Waals surface area contributed by atoms with E-state index in [9.17, 15) is 19.1 Å². The zero-order valence-electron chi connectivity index (χ0n) is 18.0. The number of carbonyl (C=O) groups is 2.